The fourth-order valence-corrected chi connectivity index (χ4v) is 3.47. The molecule has 2 unspecified atom stereocenters. The van der Waals surface area contributed by atoms with Crippen LogP contribution in [-0.4, -0.2) is 42.6 Å². The number of anilines is 1. The molecule has 0 aromatic heterocycles. The number of amides is 2. The van der Waals surface area contributed by atoms with Gasteiger partial charge in [0.15, 0.2) is 0 Å². The van der Waals surface area contributed by atoms with Crippen LogP contribution in [0.2, 0.25) is 10.0 Å². The number of nitrogens with one attached hydrogen (secondary N) is 1. The maximum absolute atomic E-state index is 12.5. The largest absolute Gasteiger partial charge is 0.397 e. The smallest absolute Gasteiger partial charge is 0.318 e. The topological polar surface area (TPSA) is 61.6 Å². The molecule has 1 aliphatic heterocycles. The van der Waals surface area contributed by atoms with Crippen LogP contribution in [-0.2, 0) is 0 Å². The van der Waals surface area contributed by atoms with E-state index >= 15 is 0 Å². The van der Waals surface area contributed by atoms with Crippen LogP contribution in [0.15, 0.2) is 12.1 Å². The van der Waals surface area contributed by atoms with E-state index < -0.39 is 0 Å². The third-order valence-corrected chi connectivity index (χ3v) is 5.36. The zero-order chi connectivity index (χ0) is 17.1. The van der Waals surface area contributed by atoms with Crippen molar-refractivity contribution < 1.29 is 4.79 Å². The maximum atomic E-state index is 12.5. The number of urea groups is 1. The molecule has 2 rings (SSSR count). The summed E-state index contributed by atoms with van der Waals surface area (Å²) in [4.78, 5) is 16.5. The van der Waals surface area contributed by atoms with Crippen LogP contribution in [0.4, 0.5) is 10.5 Å². The molecule has 0 saturated carbocycles. The van der Waals surface area contributed by atoms with E-state index in [0.717, 1.165) is 24.9 Å². The highest BCUT2D eigenvalue weighted by molar-refractivity contribution is 6.44. The van der Waals surface area contributed by atoms with Crippen molar-refractivity contribution in [2.75, 3.05) is 26.4 Å². The standard InChI is InChI=1S/C16H24Cl2N4O/c1-10(11-7-8-12(19)15(18)14(11)17)20-16(23)22(3)13-6-4-5-9-21(13)2/h7-8,10,13H,4-6,9,19H2,1-3H3,(H,20,23). The third kappa shape index (κ3) is 4.03. The summed E-state index contributed by atoms with van der Waals surface area (Å²) >= 11 is 12.3. The molecule has 7 heteroatoms. The maximum Gasteiger partial charge on any atom is 0.318 e. The van der Waals surface area contributed by atoms with E-state index in [9.17, 15) is 4.79 Å². The normalized spacial score (nSPS) is 20.1. The Balaban J connectivity index is 2.06. The van der Waals surface area contributed by atoms with Crippen molar-refractivity contribution in [2.24, 2.45) is 0 Å². The first-order valence-corrected chi connectivity index (χ1v) is 8.55. The highest BCUT2D eigenvalue weighted by Crippen LogP contribution is 2.34. The molecule has 1 aliphatic rings. The van der Waals surface area contributed by atoms with Gasteiger partial charge in [0.25, 0.3) is 0 Å². The van der Waals surface area contributed by atoms with Crippen LogP contribution < -0.4 is 11.1 Å². The summed E-state index contributed by atoms with van der Waals surface area (Å²) in [6.45, 7) is 2.89. The summed E-state index contributed by atoms with van der Waals surface area (Å²) in [5.41, 5.74) is 6.92. The Morgan fingerprint density at radius 3 is 2.74 bits per heavy atom. The Morgan fingerprint density at radius 2 is 2.09 bits per heavy atom. The number of likely N-dealkylation sites (tertiary alicyclic amines) is 1. The monoisotopic (exact) mass is 358 g/mol. The molecule has 1 heterocycles. The number of nitrogens with two attached hydrogens (primary N) is 1. The molecule has 1 aromatic rings. The van der Waals surface area contributed by atoms with Crippen LogP contribution in [0.25, 0.3) is 0 Å². The molecule has 1 fully saturated rings. The molecule has 128 valence electrons. The molecule has 3 N–H and O–H groups in total. The van der Waals surface area contributed by atoms with Crippen LogP contribution in [0.1, 0.15) is 37.8 Å². The summed E-state index contributed by atoms with van der Waals surface area (Å²) in [7, 11) is 3.87. The van der Waals surface area contributed by atoms with Crippen molar-refractivity contribution in [3.05, 3.63) is 27.7 Å². The van der Waals surface area contributed by atoms with E-state index in [4.69, 9.17) is 28.9 Å². The van der Waals surface area contributed by atoms with Crippen molar-refractivity contribution in [3.63, 3.8) is 0 Å². The lowest BCUT2D eigenvalue weighted by molar-refractivity contribution is 0.0697. The minimum Gasteiger partial charge on any atom is -0.397 e. The number of piperidine rings is 1. The predicted molar refractivity (Wildman–Crippen MR) is 95.9 cm³/mol. The average molecular weight is 359 g/mol. The lowest BCUT2D eigenvalue weighted by Gasteiger charge is -2.39. The fraction of sp³-hybridized carbons (Fsp3) is 0.562. The van der Waals surface area contributed by atoms with Gasteiger partial charge in [-0.1, -0.05) is 29.3 Å². The molecule has 0 bridgehead atoms. The second kappa shape index (κ2) is 7.60. The Morgan fingerprint density at radius 1 is 1.39 bits per heavy atom. The molecular weight excluding hydrogens is 335 g/mol. The number of carbonyl (C=O) groups excluding carboxylic acids is 1. The lowest BCUT2D eigenvalue weighted by Crippen LogP contribution is -2.52. The molecule has 5 nitrogen and oxygen atoms in total. The van der Waals surface area contributed by atoms with Gasteiger partial charge >= 0.3 is 6.03 Å². The Kier molecular flexibility index (Phi) is 6.00. The number of rotatable bonds is 3. The van der Waals surface area contributed by atoms with Gasteiger partial charge in [-0.3, -0.25) is 4.90 Å². The van der Waals surface area contributed by atoms with Crippen LogP contribution in [0.3, 0.4) is 0 Å². The second-order valence-corrected chi connectivity index (χ2v) is 6.87. The van der Waals surface area contributed by atoms with Gasteiger partial charge in [0, 0.05) is 7.05 Å². The molecule has 2 amide bonds. The first-order chi connectivity index (χ1) is 10.8. The summed E-state index contributed by atoms with van der Waals surface area (Å²) in [5, 5.41) is 3.69. The first kappa shape index (κ1) is 18.2. The van der Waals surface area contributed by atoms with Crippen molar-refractivity contribution in [3.8, 4) is 0 Å². The zero-order valence-corrected chi connectivity index (χ0v) is 15.3. The zero-order valence-electron chi connectivity index (χ0n) is 13.8. The number of halogens is 2. The van der Waals surface area contributed by atoms with Crippen molar-refractivity contribution >= 4 is 34.9 Å². The Bertz CT molecular complexity index is 581. The predicted octanol–water partition coefficient (Wildman–Crippen LogP) is 3.72. The van der Waals surface area contributed by atoms with E-state index in [1.165, 1.54) is 6.42 Å². The Hall–Kier alpha value is -1.17. The van der Waals surface area contributed by atoms with Gasteiger partial charge in [0.2, 0.25) is 0 Å². The van der Waals surface area contributed by atoms with Gasteiger partial charge in [0.1, 0.15) is 0 Å². The van der Waals surface area contributed by atoms with Crippen molar-refractivity contribution in [1.29, 1.82) is 0 Å². The van der Waals surface area contributed by atoms with Crippen LogP contribution in [0.5, 0.6) is 0 Å². The molecule has 0 spiro atoms. The minimum atomic E-state index is -0.260. The number of benzene rings is 1. The quantitative estimate of drug-likeness (QED) is 0.809. The summed E-state index contributed by atoms with van der Waals surface area (Å²) in [6, 6.07) is 3.11. The lowest BCUT2D eigenvalue weighted by atomic mass is 10.1. The molecule has 2 atom stereocenters. The van der Waals surface area contributed by atoms with Gasteiger partial charge in [-0.15, -0.1) is 0 Å². The van der Waals surface area contributed by atoms with E-state index in [-0.39, 0.29) is 18.2 Å². The first-order valence-electron chi connectivity index (χ1n) is 7.80. The third-order valence-electron chi connectivity index (χ3n) is 4.45. The summed E-state index contributed by atoms with van der Waals surface area (Å²) in [5.74, 6) is 0. The van der Waals surface area contributed by atoms with Gasteiger partial charge in [-0.05, 0) is 51.4 Å². The number of nitrogen functional groups attached to an aromatic ring is 1. The van der Waals surface area contributed by atoms with Crippen LogP contribution >= 0.6 is 23.2 Å². The molecule has 0 aliphatic carbocycles. The van der Waals surface area contributed by atoms with Gasteiger partial charge in [0.05, 0.1) is 27.9 Å². The molecule has 1 aromatic carbocycles. The SMILES string of the molecule is CC(NC(=O)N(C)C1CCCCN1C)c1ccc(N)c(Cl)c1Cl. The second-order valence-electron chi connectivity index (χ2n) is 6.11. The van der Waals surface area contributed by atoms with Crippen LogP contribution in [0, 0.1) is 0 Å². The molecule has 1 saturated heterocycles. The van der Waals surface area contributed by atoms with Gasteiger partial charge in [-0.2, -0.15) is 0 Å². The highest BCUT2D eigenvalue weighted by Gasteiger charge is 2.27. The number of hydrogen-bond donors (Lipinski definition) is 2. The van der Waals surface area contributed by atoms with E-state index in [1.54, 1.807) is 17.0 Å². The fourth-order valence-electron chi connectivity index (χ4n) is 2.96. The highest BCUT2D eigenvalue weighted by atomic mass is 35.5. The number of hydrogen-bond acceptors (Lipinski definition) is 3. The van der Waals surface area contributed by atoms with E-state index in [1.807, 2.05) is 21.0 Å². The van der Waals surface area contributed by atoms with Crippen molar-refractivity contribution in [2.45, 2.75) is 38.4 Å². The number of nitrogens with zero attached hydrogens (tertiary/aromatic N) is 2. The average Bonchev–Trinajstić information content (AvgIpc) is 2.52. The molecular formula is C16H24Cl2N4O. The molecule has 0 radical (unpaired) electrons. The summed E-state index contributed by atoms with van der Waals surface area (Å²) in [6.07, 6.45) is 3.44. The van der Waals surface area contributed by atoms with Gasteiger partial charge in [-0.25, -0.2) is 4.79 Å². The van der Waals surface area contributed by atoms with Crippen molar-refractivity contribution in [1.82, 2.24) is 15.1 Å². The van der Waals surface area contributed by atoms with Gasteiger partial charge < -0.3 is 16.0 Å². The summed E-state index contributed by atoms with van der Waals surface area (Å²) < 4.78 is 0. The number of carbonyl (C=O) groups is 1. The Labute approximate surface area is 147 Å². The molecule has 23 heavy (non-hydrogen) atoms. The van der Waals surface area contributed by atoms with E-state index in [0.29, 0.717) is 15.7 Å². The van der Waals surface area contributed by atoms with E-state index in [2.05, 4.69) is 10.2 Å². The minimum absolute atomic E-state index is 0.125.